The Hall–Kier alpha value is -3.48. The van der Waals surface area contributed by atoms with Crippen molar-refractivity contribution >= 4 is 5.91 Å². The minimum atomic E-state index is -0.381. The summed E-state index contributed by atoms with van der Waals surface area (Å²) in [6.07, 6.45) is 5.85. The van der Waals surface area contributed by atoms with Gasteiger partial charge in [-0.3, -0.25) is 19.6 Å². The Bertz CT molecular complexity index is 1120. The number of carbonyl (C=O) groups is 1. The average Bonchev–Trinajstić information content (AvgIpc) is 3.18. The van der Waals surface area contributed by atoms with Gasteiger partial charge in [0.15, 0.2) is 0 Å². The predicted octanol–water partition coefficient (Wildman–Crippen LogP) is 2.17. The standard InChI is InChI=1S/C22H22N4O3/c1-14-5-7-26(13-18-12-23-15(2)10-24-18)22(28)20(14)21(27)25-11-16-3-4-19-17(9-16)6-8-29-19/h3-5,7,9-10,12H,6,8,11,13H2,1-2H3,(H,25,27). The highest BCUT2D eigenvalue weighted by Gasteiger charge is 2.17. The van der Waals surface area contributed by atoms with Crippen LogP contribution in [-0.4, -0.2) is 27.0 Å². The Morgan fingerprint density at radius 1 is 1.21 bits per heavy atom. The topological polar surface area (TPSA) is 86.1 Å². The molecule has 0 aliphatic carbocycles. The third kappa shape index (κ3) is 4.03. The van der Waals surface area contributed by atoms with E-state index in [9.17, 15) is 9.59 Å². The minimum Gasteiger partial charge on any atom is -0.493 e. The van der Waals surface area contributed by atoms with Gasteiger partial charge < -0.3 is 14.6 Å². The Morgan fingerprint density at radius 2 is 2.07 bits per heavy atom. The zero-order chi connectivity index (χ0) is 20.4. The van der Waals surface area contributed by atoms with Crippen molar-refractivity contribution in [2.24, 2.45) is 0 Å². The summed E-state index contributed by atoms with van der Waals surface area (Å²) in [6, 6.07) is 7.66. The lowest BCUT2D eigenvalue weighted by atomic mass is 10.1. The molecule has 0 atom stereocenters. The number of rotatable bonds is 5. The smallest absolute Gasteiger partial charge is 0.264 e. The molecule has 7 nitrogen and oxygen atoms in total. The first-order valence-corrected chi connectivity index (χ1v) is 9.51. The Morgan fingerprint density at radius 3 is 2.86 bits per heavy atom. The summed E-state index contributed by atoms with van der Waals surface area (Å²) in [5, 5.41) is 2.87. The zero-order valence-corrected chi connectivity index (χ0v) is 16.4. The van der Waals surface area contributed by atoms with Gasteiger partial charge in [-0.15, -0.1) is 0 Å². The Kier molecular flexibility index (Phi) is 5.12. The highest BCUT2D eigenvalue weighted by molar-refractivity contribution is 5.95. The fourth-order valence-electron chi connectivity index (χ4n) is 3.36. The van der Waals surface area contributed by atoms with Gasteiger partial charge in [-0.1, -0.05) is 12.1 Å². The maximum Gasteiger partial charge on any atom is 0.264 e. The van der Waals surface area contributed by atoms with Gasteiger partial charge in [0.05, 0.1) is 30.7 Å². The van der Waals surface area contributed by atoms with E-state index in [2.05, 4.69) is 15.3 Å². The largest absolute Gasteiger partial charge is 0.493 e. The van der Waals surface area contributed by atoms with Crippen LogP contribution in [0.2, 0.25) is 0 Å². The van der Waals surface area contributed by atoms with E-state index in [1.54, 1.807) is 31.6 Å². The number of pyridine rings is 1. The molecular formula is C22H22N4O3. The maximum atomic E-state index is 12.9. The predicted molar refractivity (Wildman–Crippen MR) is 108 cm³/mol. The number of aryl methyl sites for hydroxylation is 2. The normalized spacial score (nSPS) is 12.3. The first-order chi connectivity index (χ1) is 14.0. The van der Waals surface area contributed by atoms with Gasteiger partial charge in [-0.05, 0) is 42.7 Å². The molecule has 148 valence electrons. The molecule has 3 aromatic rings. The number of aromatic nitrogens is 3. The first kappa shape index (κ1) is 18.9. The lowest BCUT2D eigenvalue weighted by Gasteiger charge is -2.11. The molecule has 2 aromatic heterocycles. The molecular weight excluding hydrogens is 368 g/mol. The van der Waals surface area contributed by atoms with E-state index in [1.807, 2.05) is 25.1 Å². The number of nitrogens with one attached hydrogen (secondary N) is 1. The summed E-state index contributed by atoms with van der Waals surface area (Å²) >= 11 is 0. The van der Waals surface area contributed by atoms with Crippen LogP contribution in [0.15, 0.2) is 47.7 Å². The summed E-state index contributed by atoms with van der Waals surface area (Å²) in [5.41, 5.74) is 4.04. The Labute approximate surface area is 168 Å². The minimum absolute atomic E-state index is 0.150. The van der Waals surface area contributed by atoms with Crippen LogP contribution in [-0.2, 0) is 19.5 Å². The van der Waals surface area contributed by atoms with Gasteiger partial charge >= 0.3 is 0 Å². The molecule has 1 N–H and O–H groups in total. The van der Waals surface area contributed by atoms with Crippen molar-refractivity contribution in [1.29, 1.82) is 0 Å². The van der Waals surface area contributed by atoms with Crippen molar-refractivity contribution in [2.45, 2.75) is 33.4 Å². The van der Waals surface area contributed by atoms with E-state index in [1.165, 1.54) is 4.57 Å². The molecule has 3 heterocycles. The molecule has 0 unspecified atom stereocenters. The molecule has 1 amide bonds. The van der Waals surface area contributed by atoms with Crippen LogP contribution in [0.1, 0.15) is 38.4 Å². The highest BCUT2D eigenvalue weighted by atomic mass is 16.5. The van der Waals surface area contributed by atoms with Crippen LogP contribution in [0.5, 0.6) is 5.75 Å². The van der Waals surface area contributed by atoms with Crippen molar-refractivity contribution in [3.63, 3.8) is 0 Å². The van der Waals surface area contributed by atoms with Crippen molar-refractivity contribution in [3.05, 3.63) is 86.9 Å². The number of amides is 1. The molecule has 4 rings (SSSR count). The summed E-state index contributed by atoms with van der Waals surface area (Å²) in [5.74, 6) is 0.523. The second kappa shape index (κ2) is 7.87. The molecule has 0 spiro atoms. The summed E-state index contributed by atoms with van der Waals surface area (Å²) in [7, 11) is 0. The van der Waals surface area contributed by atoms with Gasteiger partial charge in [0.1, 0.15) is 11.3 Å². The van der Waals surface area contributed by atoms with Crippen molar-refractivity contribution < 1.29 is 9.53 Å². The molecule has 0 saturated carbocycles. The highest BCUT2D eigenvalue weighted by Crippen LogP contribution is 2.25. The molecule has 1 aliphatic heterocycles. The van der Waals surface area contributed by atoms with E-state index in [-0.39, 0.29) is 23.6 Å². The van der Waals surface area contributed by atoms with Gasteiger partial charge in [-0.2, -0.15) is 0 Å². The van der Waals surface area contributed by atoms with Gasteiger partial charge in [-0.25, -0.2) is 0 Å². The van der Waals surface area contributed by atoms with Crippen molar-refractivity contribution in [3.8, 4) is 5.75 Å². The molecule has 7 heteroatoms. The summed E-state index contributed by atoms with van der Waals surface area (Å²) in [4.78, 5) is 34.2. The monoisotopic (exact) mass is 390 g/mol. The molecule has 0 saturated heterocycles. The van der Waals surface area contributed by atoms with Gasteiger partial charge in [0.2, 0.25) is 0 Å². The fraction of sp³-hybridized carbons (Fsp3) is 0.273. The third-order valence-corrected chi connectivity index (χ3v) is 4.97. The molecule has 0 fully saturated rings. The molecule has 29 heavy (non-hydrogen) atoms. The Balaban J connectivity index is 1.51. The molecule has 0 radical (unpaired) electrons. The number of ether oxygens (including phenoxy) is 1. The van der Waals surface area contributed by atoms with Crippen LogP contribution >= 0.6 is 0 Å². The number of nitrogens with zero attached hydrogens (tertiary/aromatic N) is 3. The van der Waals surface area contributed by atoms with E-state index >= 15 is 0 Å². The molecule has 0 bridgehead atoms. The van der Waals surface area contributed by atoms with Gasteiger partial charge in [0.25, 0.3) is 11.5 Å². The summed E-state index contributed by atoms with van der Waals surface area (Å²) < 4.78 is 6.99. The maximum absolute atomic E-state index is 12.9. The second-order valence-corrected chi connectivity index (χ2v) is 7.18. The van der Waals surface area contributed by atoms with Gasteiger partial charge in [0, 0.05) is 25.4 Å². The number of carbonyl (C=O) groups excluding carboxylic acids is 1. The number of hydrogen-bond donors (Lipinski definition) is 1. The second-order valence-electron chi connectivity index (χ2n) is 7.18. The van der Waals surface area contributed by atoms with E-state index in [0.29, 0.717) is 24.4 Å². The van der Waals surface area contributed by atoms with Crippen LogP contribution < -0.4 is 15.6 Å². The van der Waals surface area contributed by atoms with Crippen molar-refractivity contribution in [2.75, 3.05) is 6.61 Å². The van der Waals surface area contributed by atoms with Crippen molar-refractivity contribution in [1.82, 2.24) is 19.9 Å². The first-order valence-electron chi connectivity index (χ1n) is 9.51. The lowest BCUT2D eigenvalue weighted by Crippen LogP contribution is -2.34. The summed E-state index contributed by atoms with van der Waals surface area (Å²) in [6.45, 7) is 4.92. The van der Waals surface area contributed by atoms with Crippen LogP contribution in [0.3, 0.4) is 0 Å². The number of hydrogen-bond acceptors (Lipinski definition) is 5. The third-order valence-electron chi connectivity index (χ3n) is 4.97. The van der Waals surface area contributed by atoms with Crippen LogP contribution in [0.25, 0.3) is 0 Å². The van der Waals surface area contributed by atoms with E-state index in [4.69, 9.17) is 4.74 Å². The molecule has 1 aromatic carbocycles. The van der Waals surface area contributed by atoms with E-state index < -0.39 is 0 Å². The molecule has 1 aliphatic rings. The fourth-order valence-corrected chi connectivity index (χ4v) is 3.36. The van der Waals surface area contributed by atoms with E-state index in [0.717, 1.165) is 29.0 Å². The number of benzene rings is 1. The van der Waals surface area contributed by atoms with Crippen LogP contribution in [0.4, 0.5) is 0 Å². The average molecular weight is 390 g/mol. The number of fused-ring (bicyclic) bond motifs is 1. The lowest BCUT2D eigenvalue weighted by molar-refractivity contribution is 0.0948. The van der Waals surface area contributed by atoms with Crippen LogP contribution in [0, 0.1) is 13.8 Å². The zero-order valence-electron chi connectivity index (χ0n) is 16.4. The quantitative estimate of drug-likeness (QED) is 0.722. The SMILES string of the molecule is Cc1cnc(Cn2ccc(C)c(C(=O)NCc3ccc4c(c3)CCO4)c2=O)cn1.